The van der Waals surface area contributed by atoms with Crippen molar-refractivity contribution < 1.29 is 18.6 Å². The van der Waals surface area contributed by atoms with Gasteiger partial charge in [0.1, 0.15) is 29.4 Å². The van der Waals surface area contributed by atoms with E-state index in [0.29, 0.717) is 37.2 Å². The molecule has 0 aliphatic carbocycles. The molecule has 11 heteroatoms. The van der Waals surface area contributed by atoms with E-state index in [1.807, 2.05) is 7.05 Å². The van der Waals surface area contributed by atoms with Crippen molar-refractivity contribution in [2.75, 3.05) is 39.8 Å². The molecule has 2 aliphatic rings. The van der Waals surface area contributed by atoms with Crippen molar-refractivity contribution in [1.82, 2.24) is 30.1 Å². The minimum atomic E-state index is -0.809. The molecule has 0 saturated carbocycles. The van der Waals surface area contributed by atoms with Gasteiger partial charge in [0, 0.05) is 55.4 Å². The summed E-state index contributed by atoms with van der Waals surface area (Å²) in [7, 11) is 2.04. The van der Waals surface area contributed by atoms with Crippen LogP contribution in [0.5, 0.6) is 11.8 Å². The molecule has 37 heavy (non-hydrogen) atoms. The van der Waals surface area contributed by atoms with Gasteiger partial charge in [-0.15, -0.1) is 0 Å². The maximum atomic E-state index is 15.8. The van der Waals surface area contributed by atoms with E-state index in [9.17, 15) is 9.50 Å². The van der Waals surface area contributed by atoms with Crippen LogP contribution in [-0.2, 0) is 6.54 Å². The highest BCUT2D eigenvalue weighted by atomic mass is 19.1. The monoisotopic (exact) mass is 509 g/mol. The van der Waals surface area contributed by atoms with Gasteiger partial charge >= 0.3 is 6.01 Å². The van der Waals surface area contributed by atoms with Crippen LogP contribution in [0.15, 0.2) is 24.4 Å². The van der Waals surface area contributed by atoms with Gasteiger partial charge in [0.05, 0.1) is 18.2 Å². The van der Waals surface area contributed by atoms with E-state index >= 15 is 4.39 Å². The SMILES string of the molecule is CN1CCC[C@H]1COc1nc(CN2CCN[C@@H](CC#N)C2)c2cnc(-c3cc(O)ccc3F)c(F)c2n1. The molecule has 2 atom stereocenters. The number of hydrogen-bond acceptors (Lipinski definition) is 9. The lowest BCUT2D eigenvalue weighted by molar-refractivity contribution is 0.182. The second-order valence-electron chi connectivity index (χ2n) is 9.64. The fourth-order valence-corrected chi connectivity index (χ4v) is 5.02. The number of phenolic OH excluding ortho intramolecular Hbond substituents is 1. The third kappa shape index (κ3) is 5.46. The van der Waals surface area contributed by atoms with Gasteiger partial charge in [-0.05, 0) is 44.6 Å². The van der Waals surface area contributed by atoms with Gasteiger partial charge in [0.25, 0.3) is 0 Å². The number of aromatic hydroxyl groups is 1. The van der Waals surface area contributed by atoms with Gasteiger partial charge < -0.3 is 20.1 Å². The van der Waals surface area contributed by atoms with Crippen LogP contribution in [0, 0.1) is 23.0 Å². The predicted molar refractivity (Wildman–Crippen MR) is 133 cm³/mol. The number of nitrogens with one attached hydrogen (secondary N) is 1. The number of rotatable bonds is 7. The number of likely N-dealkylation sites (N-methyl/N-ethyl adjacent to an activating group) is 1. The molecular formula is C26H29F2N7O2. The lowest BCUT2D eigenvalue weighted by Crippen LogP contribution is -2.50. The highest BCUT2D eigenvalue weighted by molar-refractivity contribution is 5.85. The summed E-state index contributed by atoms with van der Waals surface area (Å²) < 4.78 is 36.3. The Balaban J connectivity index is 1.53. The maximum absolute atomic E-state index is 15.8. The topological polar surface area (TPSA) is 110 Å². The average Bonchev–Trinajstić information content (AvgIpc) is 3.30. The van der Waals surface area contributed by atoms with Crippen LogP contribution < -0.4 is 10.1 Å². The molecule has 0 spiro atoms. The van der Waals surface area contributed by atoms with Crippen molar-refractivity contribution in [2.24, 2.45) is 0 Å². The number of piperazine rings is 1. The molecule has 2 saturated heterocycles. The zero-order valence-corrected chi connectivity index (χ0v) is 20.6. The Morgan fingerprint density at radius 3 is 2.92 bits per heavy atom. The fraction of sp³-hybridized carbons (Fsp3) is 0.462. The number of benzene rings is 1. The van der Waals surface area contributed by atoms with Crippen LogP contribution in [0.3, 0.4) is 0 Å². The minimum Gasteiger partial charge on any atom is -0.508 e. The molecule has 0 bridgehead atoms. The first-order valence-corrected chi connectivity index (χ1v) is 12.4. The summed E-state index contributed by atoms with van der Waals surface area (Å²) in [5.41, 5.74) is 0.127. The van der Waals surface area contributed by atoms with Crippen LogP contribution in [0.2, 0.25) is 0 Å². The summed E-state index contributed by atoms with van der Waals surface area (Å²) in [5.74, 6) is -1.71. The standard InChI is InChI=1S/C26H29F2N7O2/c1-34-9-2-3-17(34)15-37-26-32-22(14-35-10-8-30-16(13-35)6-7-29)20-12-31-24(23(28)25(20)33-26)19-11-18(36)4-5-21(19)27/h4-5,11-12,16-17,30,36H,2-3,6,8-10,13-15H2,1H3/t16-,17-/m0/s1. The molecule has 0 amide bonds. The largest absolute Gasteiger partial charge is 0.508 e. The first-order chi connectivity index (χ1) is 17.9. The maximum Gasteiger partial charge on any atom is 0.317 e. The van der Waals surface area contributed by atoms with Gasteiger partial charge in [0.15, 0.2) is 5.82 Å². The number of hydrogen-bond donors (Lipinski definition) is 2. The smallest absolute Gasteiger partial charge is 0.317 e. The number of likely N-dealkylation sites (tertiary alicyclic amines) is 1. The second kappa shape index (κ2) is 10.9. The van der Waals surface area contributed by atoms with E-state index < -0.39 is 11.6 Å². The second-order valence-corrected chi connectivity index (χ2v) is 9.64. The first kappa shape index (κ1) is 25.2. The Hall–Kier alpha value is -3.46. The first-order valence-electron chi connectivity index (χ1n) is 12.4. The Kier molecular flexibility index (Phi) is 7.41. The quantitative estimate of drug-likeness (QED) is 0.497. The molecule has 194 valence electrons. The van der Waals surface area contributed by atoms with Crippen LogP contribution in [-0.4, -0.2) is 81.8 Å². The Bertz CT molecular complexity index is 1330. The molecule has 0 unspecified atom stereocenters. The number of pyridine rings is 1. The highest BCUT2D eigenvalue weighted by Crippen LogP contribution is 2.32. The summed E-state index contributed by atoms with van der Waals surface area (Å²) in [6.07, 6.45) is 3.91. The predicted octanol–water partition coefficient (Wildman–Crippen LogP) is 2.84. The molecular weight excluding hydrogens is 480 g/mol. The number of nitriles is 1. The number of nitrogens with zero attached hydrogens (tertiary/aromatic N) is 6. The van der Waals surface area contributed by atoms with Crippen LogP contribution in [0.4, 0.5) is 8.78 Å². The minimum absolute atomic E-state index is 0.0174. The van der Waals surface area contributed by atoms with E-state index in [0.717, 1.165) is 44.6 Å². The number of ether oxygens (including phenoxy) is 1. The van der Waals surface area contributed by atoms with Gasteiger partial charge in [-0.25, -0.2) is 8.78 Å². The molecule has 3 aromatic rings. The van der Waals surface area contributed by atoms with E-state index in [-0.39, 0.29) is 40.6 Å². The van der Waals surface area contributed by atoms with Crippen LogP contribution in [0.25, 0.3) is 22.2 Å². The molecule has 9 nitrogen and oxygen atoms in total. The molecule has 2 N–H and O–H groups in total. The van der Waals surface area contributed by atoms with E-state index in [1.165, 1.54) is 12.3 Å². The Labute approximate surface area is 213 Å². The molecule has 5 rings (SSSR count). The van der Waals surface area contributed by atoms with Crippen molar-refractivity contribution in [3.05, 3.63) is 41.7 Å². The number of halogens is 2. The zero-order valence-electron chi connectivity index (χ0n) is 20.6. The van der Waals surface area contributed by atoms with Crippen molar-refractivity contribution >= 4 is 10.9 Å². The number of aromatic nitrogens is 3. The third-order valence-electron chi connectivity index (χ3n) is 7.07. The molecule has 0 radical (unpaired) electrons. The summed E-state index contributed by atoms with van der Waals surface area (Å²) in [5, 5.41) is 22.7. The molecule has 2 aliphatic heterocycles. The fourth-order valence-electron chi connectivity index (χ4n) is 5.02. The summed E-state index contributed by atoms with van der Waals surface area (Å²) in [6, 6.07) is 5.91. The van der Waals surface area contributed by atoms with Crippen LogP contribution >= 0.6 is 0 Å². The van der Waals surface area contributed by atoms with Gasteiger partial charge in [-0.1, -0.05) is 0 Å². The molecule has 1 aromatic carbocycles. The summed E-state index contributed by atoms with van der Waals surface area (Å²) >= 11 is 0. The van der Waals surface area contributed by atoms with Gasteiger partial charge in [0.2, 0.25) is 0 Å². The number of fused-ring (bicyclic) bond motifs is 1. The summed E-state index contributed by atoms with van der Waals surface area (Å²) in [6.45, 7) is 3.86. The van der Waals surface area contributed by atoms with Gasteiger partial charge in [-0.3, -0.25) is 9.88 Å². The Morgan fingerprint density at radius 1 is 1.27 bits per heavy atom. The average molecular weight is 510 g/mol. The van der Waals surface area contributed by atoms with Crippen molar-refractivity contribution in [1.29, 1.82) is 5.26 Å². The third-order valence-corrected chi connectivity index (χ3v) is 7.07. The Morgan fingerprint density at radius 2 is 2.14 bits per heavy atom. The van der Waals surface area contributed by atoms with Gasteiger partial charge in [-0.2, -0.15) is 15.2 Å². The van der Waals surface area contributed by atoms with Crippen molar-refractivity contribution in [2.45, 2.75) is 37.9 Å². The molecule has 2 aromatic heterocycles. The normalized spacial score (nSPS) is 20.8. The number of phenols is 1. The molecule has 2 fully saturated rings. The van der Waals surface area contributed by atoms with Crippen molar-refractivity contribution in [3.63, 3.8) is 0 Å². The van der Waals surface area contributed by atoms with E-state index in [1.54, 1.807) is 0 Å². The highest BCUT2D eigenvalue weighted by Gasteiger charge is 2.25. The van der Waals surface area contributed by atoms with E-state index in [4.69, 9.17) is 10.00 Å². The van der Waals surface area contributed by atoms with Crippen molar-refractivity contribution in [3.8, 4) is 29.1 Å². The summed E-state index contributed by atoms with van der Waals surface area (Å²) in [4.78, 5) is 17.6. The lowest BCUT2D eigenvalue weighted by atomic mass is 10.1. The zero-order chi connectivity index (χ0) is 25.9. The van der Waals surface area contributed by atoms with Crippen LogP contribution in [0.1, 0.15) is 25.0 Å². The lowest BCUT2D eigenvalue weighted by Gasteiger charge is -2.32. The molecule has 4 heterocycles. The van der Waals surface area contributed by atoms with E-state index in [2.05, 4.69) is 36.1 Å².